The molecule has 0 amide bonds. The molecule has 1 aliphatic heterocycles. The van der Waals surface area contributed by atoms with Crippen LogP contribution in [0.5, 0.6) is 11.5 Å². The Hall–Kier alpha value is -2.03. The Kier molecular flexibility index (Phi) is 3.82. The molecule has 0 radical (unpaired) electrons. The average molecular weight is 286 g/mol. The third-order valence-corrected chi connectivity index (χ3v) is 3.75. The molecule has 2 nitrogen and oxygen atoms in total. The van der Waals surface area contributed by atoms with Crippen molar-refractivity contribution < 1.29 is 13.9 Å². The van der Waals surface area contributed by atoms with Crippen LogP contribution in [0, 0.1) is 5.82 Å². The predicted molar refractivity (Wildman–Crippen MR) is 80.5 cm³/mol. The number of fused-ring (bicyclic) bond motifs is 1. The van der Waals surface area contributed by atoms with Gasteiger partial charge in [-0.25, -0.2) is 4.39 Å². The van der Waals surface area contributed by atoms with Gasteiger partial charge in [0.2, 0.25) is 0 Å². The topological polar surface area (TPSA) is 18.5 Å². The van der Waals surface area contributed by atoms with Gasteiger partial charge in [0.25, 0.3) is 0 Å². The fraction of sp³-hybridized carbons (Fsp3) is 0.333. The molecule has 2 aromatic rings. The molecule has 0 aromatic heterocycles. The average Bonchev–Trinajstić information content (AvgIpc) is 2.87. The summed E-state index contributed by atoms with van der Waals surface area (Å²) in [4.78, 5) is 0. The Morgan fingerprint density at radius 2 is 1.95 bits per heavy atom. The Labute approximate surface area is 124 Å². The van der Waals surface area contributed by atoms with Gasteiger partial charge in [-0.2, -0.15) is 0 Å². The van der Waals surface area contributed by atoms with Crippen LogP contribution in [-0.2, 0) is 6.42 Å². The molecule has 110 valence electrons. The van der Waals surface area contributed by atoms with Crippen molar-refractivity contribution in [2.75, 3.05) is 6.61 Å². The van der Waals surface area contributed by atoms with Gasteiger partial charge in [0.1, 0.15) is 30.0 Å². The van der Waals surface area contributed by atoms with Crippen LogP contribution in [0.15, 0.2) is 42.5 Å². The first kappa shape index (κ1) is 13.9. The zero-order valence-electron chi connectivity index (χ0n) is 12.3. The maximum absolute atomic E-state index is 13.2. The van der Waals surface area contributed by atoms with Crippen LogP contribution in [0.4, 0.5) is 4.39 Å². The van der Waals surface area contributed by atoms with Gasteiger partial charge in [-0.1, -0.05) is 26.0 Å². The molecule has 3 heteroatoms. The van der Waals surface area contributed by atoms with Crippen molar-refractivity contribution in [2.45, 2.75) is 32.3 Å². The standard InChI is InChI=1S/C18H19FO2/c1-12(2)13-3-6-16(7-4-13)20-11-17-10-14-9-15(19)5-8-18(14)21-17/h3-9,12,17H,10-11H2,1-2H3. The molecule has 0 bridgehead atoms. The molecule has 1 heterocycles. The van der Waals surface area contributed by atoms with E-state index in [0.29, 0.717) is 18.9 Å². The van der Waals surface area contributed by atoms with E-state index in [1.54, 1.807) is 6.07 Å². The van der Waals surface area contributed by atoms with E-state index < -0.39 is 0 Å². The van der Waals surface area contributed by atoms with Crippen molar-refractivity contribution >= 4 is 0 Å². The molecule has 2 aromatic carbocycles. The Morgan fingerprint density at radius 3 is 2.67 bits per heavy atom. The molecule has 1 atom stereocenters. The highest BCUT2D eigenvalue weighted by Crippen LogP contribution is 2.29. The van der Waals surface area contributed by atoms with Crippen LogP contribution >= 0.6 is 0 Å². The third-order valence-electron chi connectivity index (χ3n) is 3.75. The van der Waals surface area contributed by atoms with E-state index in [2.05, 4.69) is 26.0 Å². The summed E-state index contributed by atoms with van der Waals surface area (Å²) in [7, 11) is 0. The van der Waals surface area contributed by atoms with Crippen LogP contribution in [0.3, 0.4) is 0 Å². The second-order valence-electron chi connectivity index (χ2n) is 5.73. The molecule has 1 unspecified atom stereocenters. The largest absolute Gasteiger partial charge is 0.490 e. The van der Waals surface area contributed by atoms with Crippen molar-refractivity contribution in [3.8, 4) is 11.5 Å². The van der Waals surface area contributed by atoms with E-state index >= 15 is 0 Å². The van der Waals surface area contributed by atoms with Crippen LogP contribution in [0.25, 0.3) is 0 Å². The first-order valence-electron chi connectivity index (χ1n) is 7.29. The number of hydrogen-bond donors (Lipinski definition) is 0. The van der Waals surface area contributed by atoms with E-state index in [1.165, 1.54) is 17.7 Å². The fourth-order valence-electron chi connectivity index (χ4n) is 2.52. The third kappa shape index (κ3) is 3.18. The number of benzene rings is 2. The minimum absolute atomic E-state index is 0.0495. The maximum Gasteiger partial charge on any atom is 0.137 e. The Balaban J connectivity index is 1.57. The van der Waals surface area contributed by atoms with Crippen LogP contribution in [-0.4, -0.2) is 12.7 Å². The summed E-state index contributed by atoms with van der Waals surface area (Å²) in [6.45, 7) is 4.80. The predicted octanol–water partition coefficient (Wildman–Crippen LogP) is 4.33. The Morgan fingerprint density at radius 1 is 1.19 bits per heavy atom. The van der Waals surface area contributed by atoms with Crippen molar-refractivity contribution in [3.63, 3.8) is 0 Å². The minimum Gasteiger partial charge on any atom is -0.490 e. The summed E-state index contributed by atoms with van der Waals surface area (Å²) < 4.78 is 24.7. The highest BCUT2D eigenvalue weighted by molar-refractivity contribution is 5.38. The molecule has 0 aliphatic carbocycles. The molecule has 3 rings (SSSR count). The zero-order valence-corrected chi connectivity index (χ0v) is 12.3. The zero-order chi connectivity index (χ0) is 14.8. The summed E-state index contributed by atoms with van der Waals surface area (Å²) >= 11 is 0. The maximum atomic E-state index is 13.2. The van der Waals surface area contributed by atoms with Gasteiger partial charge >= 0.3 is 0 Å². The minimum atomic E-state index is -0.219. The van der Waals surface area contributed by atoms with E-state index in [4.69, 9.17) is 9.47 Å². The monoisotopic (exact) mass is 286 g/mol. The normalized spacial score (nSPS) is 16.7. The van der Waals surface area contributed by atoms with Gasteiger partial charge in [-0.3, -0.25) is 0 Å². The highest BCUT2D eigenvalue weighted by atomic mass is 19.1. The van der Waals surface area contributed by atoms with Crippen LogP contribution in [0.1, 0.15) is 30.9 Å². The lowest BCUT2D eigenvalue weighted by Gasteiger charge is -2.13. The molecular weight excluding hydrogens is 267 g/mol. The quantitative estimate of drug-likeness (QED) is 0.832. The van der Waals surface area contributed by atoms with Gasteiger partial charge < -0.3 is 9.47 Å². The first-order chi connectivity index (χ1) is 10.1. The van der Waals surface area contributed by atoms with E-state index in [0.717, 1.165) is 17.1 Å². The number of halogens is 1. The van der Waals surface area contributed by atoms with Gasteiger partial charge in [0.05, 0.1) is 0 Å². The summed E-state index contributed by atoms with van der Waals surface area (Å²) in [5.41, 5.74) is 2.21. The first-order valence-corrected chi connectivity index (χ1v) is 7.29. The molecular formula is C18H19FO2. The highest BCUT2D eigenvalue weighted by Gasteiger charge is 2.23. The summed E-state index contributed by atoms with van der Waals surface area (Å²) in [6.07, 6.45) is 0.642. The second kappa shape index (κ2) is 5.76. The lowest BCUT2D eigenvalue weighted by molar-refractivity contribution is 0.148. The Bertz CT molecular complexity index is 620. The molecule has 0 spiro atoms. The second-order valence-corrected chi connectivity index (χ2v) is 5.73. The van der Waals surface area contributed by atoms with Crippen LogP contribution in [0.2, 0.25) is 0 Å². The van der Waals surface area contributed by atoms with Gasteiger partial charge in [0, 0.05) is 12.0 Å². The SMILES string of the molecule is CC(C)c1ccc(OCC2Cc3cc(F)ccc3O2)cc1. The van der Waals surface area contributed by atoms with Gasteiger partial charge in [0.15, 0.2) is 0 Å². The summed E-state index contributed by atoms with van der Waals surface area (Å²) in [5, 5.41) is 0. The summed E-state index contributed by atoms with van der Waals surface area (Å²) in [5.74, 6) is 1.90. The van der Waals surface area contributed by atoms with Gasteiger partial charge in [-0.05, 0) is 41.8 Å². The molecule has 0 fully saturated rings. The van der Waals surface area contributed by atoms with Crippen molar-refractivity contribution in [1.82, 2.24) is 0 Å². The summed E-state index contributed by atoms with van der Waals surface area (Å²) in [6, 6.07) is 12.8. The molecule has 1 aliphatic rings. The van der Waals surface area contributed by atoms with E-state index in [1.807, 2.05) is 12.1 Å². The van der Waals surface area contributed by atoms with Gasteiger partial charge in [-0.15, -0.1) is 0 Å². The fourth-order valence-corrected chi connectivity index (χ4v) is 2.52. The lowest BCUT2D eigenvalue weighted by atomic mass is 10.0. The van der Waals surface area contributed by atoms with Crippen molar-refractivity contribution in [3.05, 3.63) is 59.4 Å². The molecule has 0 saturated heterocycles. The van der Waals surface area contributed by atoms with Crippen molar-refractivity contribution in [1.29, 1.82) is 0 Å². The van der Waals surface area contributed by atoms with E-state index in [9.17, 15) is 4.39 Å². The van der Waals surface area contributed by atoms with Crippen LogP contribution < -0.4 is 9.47 Å². The number of hydrogen-bond acceptors (Lipinski definition) is 2. The number of ether oxygens (including phenoxy) is 2. The van der Waals surface area contributed by atoms with E-state index in [-0.39, 0.29) is 11.9 Å². The van der Waals surface area contributed by atoms with Crippen molar-refractivity contribution in [2.24, 2.45) is 0 Å². The molecule has 0 saturated carbocycles. The number of rotatable bonds is 4. The molecule has 21 heavy (non-hydrogen) atoms. The smallest absolute Gasteiger partial charge is 0.137 e. The molecule has 0 N–H and O–H groups in total. The lowest BCUT2D eigenvalue weighted by Crippen LogP contribution is -2.22.